The van der Waals surface area contributed by atoms with Gasteiger partial charge in [-0.3, -0.25) is 4.72 Å². The number of nitrogens with one attached hydrogen (secondary N) is 1. The Kier molecular flexibility index (Phi) is 4.11. The number of thiophene rings is 1. The molecule has 0 atom stereocenters. The SMILES string of the molecule is CCOc1ccccc1NS(=O)(=O)c1ccc(C)s1. The normalized spacial score (nSPS) is 11.3. The second-order valence-corrected chi connectivity index (χ2v) is 7.10. The molecule has 2 aromatic rings. The van der Waals surface area contributed by atoms with E-state index in [1.165, 1.54) is 11.3 Å². The number of para-hydroxylation sites is 2. The van der Waals surface area contributed by atoms with E-state index in [1.807, 2.05) is 13.8 Å². The molecule has 0 bridgehead atoms. The van der Waals surface area contributed by atoms with E-state index in [0.717, 1.165) is 4.88 Å². The Labute approximate surface area is 117 Å². The van der Waals surface area contributed by atoms with Crippen LogP contribution in [0.2, 0.25) is 0 Å². The van der Waals surface area contributed by atoms with Crippen LogP contribution < -0.4 is 9.46 Å². The van der Waals surface area contributed by atoms with Gasteiger partial charge in [0.05, 0.1) is 12.3 Å². The summed E-state index contributed by atoms with van der Waals surface area (Å²) in [4.78, 5) is 0.957. The standard InChI is InChI=1S/C13H15NO3S2/c1-3-17-12-7-5-4-6-11(12)14-19(15,16)13-9-8-10(2)18-13/h4-9,14H,3H2,1-2H3. The van der Waals surface area contributed by atoms with E-state index in [4.69, 9.17) is 4.74 Å². The van der Waals surface area contributed by atoms with Crippen molar-refractivity contribution in [1.82, 2.24) is 0 Å². The fourth-order valence-electron chi connectivity index (χ4n) is 1.58. The van der Waals surface area contributed by atoms with Crippen molar-refractivity contribution >= 4 is 27.0 Å². The number of sulfonamides is 1. The summed E-state index contributed by atoms with van der Waals surface area (Å²) in [5.41, 5.74) is 0.454. The summed E-state index contributed by atoms with van der Waals surface area (Å²) in [7, 11) is -3.54. The summed E-state index contributed by atoms with van der Waals surface area (Å²) in [6.07, 6.45) is 0. The summed E-state index contributed by atoms with van der Waals surface area (Å²) in [6, 6.07) is 10.4. The third-order valence-corrected chi connectivity index (χ3v) is 5.27. The molecule has 0 saturated carbocycles. The zero-order valence-corrected chi connectivity index (χ0v) is 12.3. The maximum atomic E-state index is 12.2. The highest BCUT2D eigenvalue weighted by Gasteiger charge is 2.18. The molecule has 0 aliphatic rings. The lowest BCUT2D eigenvalue weighted by molar-refractivity contribution is 0.342. The van der Waals surface area contributed by atoms with Crippen molar-refractivity contribution in [2.75, 3.05) is 11.3 Å². The Balaban J connectivity index is 2.30. The molecule has 0 fully saturated rings. The highest BCUT2D eigenvalue weighted by Crippen LogP contribution is 2.28. The quantitative estimate of drug-likeness (QED) is 0.921. The summed E-state index contributed by atoms with van der Waals surface area (Å²) >= 11 is 1.24. The zero-order valence-electron chi connectivity index (χ0n) is 10.7. The Morgan fingerprint density at radius 2 is 1.95 bits per heavy atom. The Morgan fingerprint density at radius 1 is 1.21 bits per heavy atom. The number of ether oxygens (including phenoxy) is 1. The fraction of sp³-hybridized carbons (Fsp3) is 0.231. The third kappa shape index (κ3) is 3.27. The molecule has 0 aliphatic carbocycles. The molecule has 2 rings (SSSR count). The zero-order chi connectivity index (χ0) is 13.9. The minimum atomic E-state index is -3.54. The molecular weight excluding hydrogens is 282 g/mol. The third-order valence-electron chi connectivity index (χ3n) is 2.41. The van der Waals surface area contributed by atoms with Gasteiger partial charge in [0, 0.05) is 4.88 Å². The molecule has 0 spiro atoms. The second kappa shape index (κ2) is 5.63. The summed E-state index contributed by atoms with van der Waals surface area (Å²) in [5, 5.41) is 0. The predicted octanol–water partition coefficient (Wildman–Crippen LogP) is 3.26. The average Bonchev–Trinajstić information content (AvgIpc) is 2.79. The van der Waals surface area contributed by atoms with Crippen molar-refractivity contribution in [3.05, 3.63) is 41.3 Å². The van der Waals surface area contributed by atoms with E-state index in [9.17, 15) is 8.42 Å². The van der Waals surface area contributed by atoms with Crippen LogP contribution in [0.1, 0.15) is 11.8 Å². The smallest absolute Gasteiger partial charge is 0.271 e. The van der Waals surface area contributed by atoms with Gasteiger partial charge in [0.15, 0.2) is 0 Å². The lowest BCUT2D eigenvalue weighted by Gasteiger charge is -2.11. The van der Waals surface area contributed by atoms with Gasteiger partial charge in [-0.2, -0.15) is 0 Å². The number of aryl methyl sites for hydroxylation is 1. The van der Waals surface area contributed by atoms with Crippen LogP contribution in [0.25, 0.3) is 0 Å². The van der Waals surface area contributed by atoms with Gasteiger partial charge in [0.1, 0.15) is 9.96 Å². The highest BCUT2D eigenvalue weighted by atomic mass is 32.2. The lowest BCUT2D eigenvalue weighted by atomic mass is 10.3. The maximum absolute atomic E-state index is 12.2. The van der Waals surface area contributed by atoms with E-state index in [2.05, 4.69) is 4.72 Å². The number of hydrogen-bond donors (Lipinski definition) is 1. The van der Waals surface area contributed by atoms with Gasteiger partial charge in [0.25, 0.3) is 10.0 Å². The molecule has 0 unspecified atom stereocenters. The number of anilines is 1. The first kappa shape index (κ1) is 13.9. The van der Waals surface area contributed by atoms with Crippen LogP contribution in [-0.4, -0.2) is 15.0 Å². The molecule has 0 amide bonds. The Bertz CT molecular complexity index is 662. The number of hydrogen-bond acceptors (Lipinski definition) is 4. The topological polar surface area (TPSA) is 55.4 Å². The summed E-state index contributed by atoms with van der Waals surface area (Å²) in [5.74, 6) is 0.529. The van der Waals surface area contributed by atoms with Crippen molar-refractivity contribution in [2.45, 2.75) is 18.1 Å². The van der Waals surface area contributed by atoms with Crippen molar-refractivity contribution in [3.63, 3.8) is 0 Å². The van der Waals surface area contributed by atoms with Crippen molar-refractivity contribution in [3.8, 4) is 5.75 Å². The van der Waals surface area contributed by atoms with E-state index in [-0.39, 0.29) is 0 Å². The van der Waals surface area contributed by atoms with Crippen LogP contribution in [0.5, 0.6) is 5.75 Å². The molecule has 4 nitrogen and oxygen atoms in total. The van der Waals surface area contributed by atoms with E-state index >= 15 is 0 Å². The summed E-state index contributed by atoms with van der Waals surface area (Å²) < 4.78 is 32.7. The van der Waals surface area contributed by atoms with Gasteiger partial charge in [-0.05, 0) is 38.1 Å². The molecule has 0 saturated heterocycles. The minimum absolute atomic E-state index is 0.302. The van der Waals surface area contributed by atoms with Crippen LogP contribution in [0.15, 0.2) is 40.6 Å². The van der Waals surface area contributed by atoms with Gasteiger partial charge < -0.3 is 4.74 Å². The van der Waals surface area contributed by atoms with Gasteiger partial charge in [0.2, 0.25) is 0 Å². The van der Waals surface area contributed by atoms with Crippen LogP contribution >= 0.6 is 11.3 Å². The average molecular weight is 297 g/mol. The van der Waals surface area contributed by atoms with Crippen molar-refractivity contribution in [2.24, 2.45) is 0 Å². The summed E-state index contributed by atoms with van der Waals surface area (Å²) in [6.45, 7) is 4.21. The van der Waals surface area contributed by atoms with Crippen LogP contribution in [0.4, 0.5) is 5.69 Å². The Morgan fingerprint density at radius 3 is 2.58 bits per heavy atom. The fourth-order valence-corrected chi connectivity index (χ4v) is 3.94. The molecule has 1 aromatic carbocycles. The van der Waals surface area contributed by atoms with Gasteiger partial charge in [-0.1, -0.05) is 12.1 Å². The molecule has 0 aliphatic heterocycles. The molecule has 1 N–H and O–H groups in total. The lowest BCUT2D eigenvalue weighted by Crippen LogP contribution is -2.12. The monoisotopic (exact) mass is 297 g/mol. The largest absolute Gasteiger partial charge is 0.492 e. The van der Waals surface area contributed by atoms with Crippen molar-refractivity contribution in [1.29, 1.82) is 0 Å². The van der Waals surface area contributed by atoms with Gasteiger partial charge in [-0.25, -0.2) is 8.42 Å². The molecule has 0 radical (unpaired) electrons. The maximum Gasteiger partial charge on any atom is 0.271 e. The highest BCUT2D eigenvalue weighted by molar-refractivity contribution is 7.94. The van der Waals surface area contributed by atoms with E-state index < -0.39 is 10.0 Å². The number of benzene rings is 1. The number of rotatable bonds is 5. The molecular formula is C13H15NO3S2. The minimum Gasteiger partial charge on any atom is -0.492 e. The first-order valence-electron chi connectivity index (χ1n) is 5.84. The first-order chi connectivity index (χ1) is 9.03. The van der Waals surface area contributed by atoms with Crippen LogP contribution in [0.3, 0.4) is 0 Å². The van der Waals surface area contributed by atoms with Crippen molar-refractivity contribution < 1.29 is 13.2 Å². The van der Waals surface area contributed by atoms with Gasteiger partial charge >= 0.3 is 0 Å². The molecule has 1 aromatic heterocycles. The van der Waals surface area contributed by atoms with Crippen LogP contribution in [0, 0.1) is 6.92 Å². The predicted molar refractivity (Wildman–Crippen MR) is 77.5 cm³/mol. The van der Waals surface area contributed by atoms with Gasteiger partial charge in [-0.15, -0.1) is 11.3 Å². The molecule has 19 heavy (non-hydrogen) atoms. The van der Waals surface area contributed by atoms with E-state index in [1.54, 1.807) is 36.4 Å². The molecule has 6 heteroatoms. The second-order valence-electron chi connectivity index (χ2n) is 3.90. The van der Waals surface area contributed by atoms with E-state index in [0.29, 0.717) is 22.3 Å². The molecule has 102 valence electrons. The van der Waals surface area contributed by atoms with Crippen LogP contribution in [-0.2, 0) is 10.0 Å². The Hall–Kier alpha value is -1.53. The first-order valence-corrected chi connectivity index (χ1v) is 8.14. The molecule has 1 heterocycles.